The number of benzene rings is 1. The van der Waals surface area contributed by atoms with E-state index < -0.39 is 0 Å². The monoisotopic (exact) mass is 326 g/mol. The highest BCUT2D eigenvalue weighted by Crippen LogP contribution is 2.32. The van der Waals surface area contributed by atoms with Crippen LogP contribution in [0.5, 0.6) is 5.75 Å². The van der Waals surface area contributed by atoms with Gasteiger partial charge in [0.2, 0.25) is 0 Å². The SMILES string of the molecule is Cc1cccc(OCC(=O)N(C)C2=NC3=C(CCCC3)CC2)c1C. The van der Waals surface area contributed by atoms with Crippen molar-refractivity contribution in [3.63, 3.8) is 0 Å². The number of hydrogen-bond donors (Lipinski definition) is 0. The molecule has 1 heterocycles. The van der Waals surface area contributed by atoms with E-state index in [1.165, 1.54) is 36.1 Å². The molecule has 4 heteroatoms. The fourth-order valence-corrected chi connectivity index (χ4v) is 3.33. The van der Waals surface area contributed by atoms with E-state index >= 15 is 0 Å². The Morgan fingerprint density at radius 3 is 2.79 bits per heavy atom. The van der Waals surface area contributed by atoms with Crippen LogP contribution >= 0.6 is 0 Å². The van der Waals surface area contributed by atoms with Crippen LogP contribution in [0.15, 0.2) is 34.5 Å². The van der Waals surface area contributed by atoms with Crippen molar-refractivity contribution < 1.29 is 9.53 Å². The first-order valence-electron chi connectivity index (χ1n) is 8.80. The Bertz CT molecular complexity index is 704. The van der Waals surface area contributed by atoms with Crippen LogP contribution in [0.25, 0.3) is 0 Å². The lowest BCUT2D eigenvalue weighted by Gasteiger charge is -2.27. The van der Waals surface area contributed by atoms with Crippen molar-refractivity contribution in [2.75, 3.05) is 13.7 Å². The summed E-state index contributed by atoms with van der Waals surface area (Å²) in [7, 11) is 1.81. The molecule has 0 bridgehead atoms. The third-order valence-corrected chi connectivity index (χ3v) is 5.13. The molecule has 1 aromatic carbocycles. The Kier molecular flexibility index (Phi) is 5.03. The molecule has 0 fully saturated rings. The fourth-order valence-electron chi connectivity index (χ4n) is 3.33. The van der Waals surface area contributed by atoms with Gasteiger partial charge in [-0.3, -0.25) is 4.79 Å². The second-order valence-corrected chi connectivity index (χ2v) is 6.72. The number of allylic oxidation sites excluding steroid dienone is 2. The van der Waals surface area contributed by atoms with Crippen LogP contribution in [0.4, 0.5) is 0 Å². The van der Waals surface area contributed by atoms with Gasteiger partial charge in [0.05, 0.1) is 0 Å². The molecule has 1 amide bonds. The van der Waals surface area contributed by atoms with Crippen LogP contribution < -0.4 is 4.74 Å². The molecular formula is C20H26N2O2. The molecule has 0 atom stereocenters. The summed E-state index contributed by atoms with van der Waals surface area (Å²) in [6.45, 7) is 4.11. The van der Waals surface area contributed by atoms with E-state index in [0.29, 0.717) is 0 Å². The molecule has 0 radical (unpaired) electrons. The lowest BCUT2D eigenvalue weighted by Crippen LogP contribution is -2.37. The number of amides is 1. The fraction of sp³-hybridized carbons (Fsp3) is 0.500. The topological polar surface area (TPSA) is 41.9 Å². The van der Waals surface area contributed by atoms with E-state index in [1.807, 2.05) is 39.1 Å². The van der Waals surface area contributed by atoms with Gasteiger partial charge in [-0.25, -0.2) is 4.99 Å². The van der Waals surface area contributed by atoms with Gasteiger partial charge in [-0.1, -0.05) is 12.1 Å². The summed E-state index contributed by atoms with van der Waals surface area (Å²) in [4.78, 5) is 18.9. The van der Waals surface area contributed by atoms with Crippen molar-refractivity contribution in [1.29, 1.82) is 0 Å². The van der Waals surface area contributed by atoms with Gasteiger partial charge >= 0.3 is 0 Å². The van der Waals surface area contributed by atoms with Crippen LogP contribution in [0, 0.1) is 13.8 Å². The second kappa shape index (κ2) is 7.20. The van der Waals surface area contributed by atoms with Crippen molar-refractivity contribution in [3.8, 4) is 5.75 Å². The van der Waals surface area contributed by atoms with E-state index in [0.717, 1.165) is 36.4 Å². The molecule has 1 aliphatic carbocycles. The first-order chi connectivity index (χ1) is 11.6. The Balaban J connectivity index is 1.64. The minimum atomic E-state index is -0.0467. The number of nitrogens with zero attached hydrogens (tertiary/aromatic N) is 2. The van der Waals surface area contributed by atoms with Gasteiger partial charge in [0.1, 0.15) is 11.6 Å². The van der Waals surface area contributed by atoms with E-state index in [2.05, 4.69) is 0 Å². The van der Waals surface area contributed by atoms with Gasteiger partial charge in [-0.15, -0.1) is 0 Å². The lowest BCUT2D eigenvalue weighted by atomic mass is 9.91. The summed E-state index contributed by atoms with van der Waals surface area (Å²) in [6, 6.07) is 5.91. The van der Waals surface area contributed by atoms with Gasteiger partial charge in [0.25, 0.3) is 5.91 Å². The Morgan fingerprint density at radius 2 is 1.96 bits per heavy atom. The molecule has 1 aliphatic heterocycles. The summed E-state index contributed by atoms with van der Waals surface area (Å²) >= 11 is 0. The third kappa shape index (κ3) is 3.53. The molecule has 4 nitrogen and oxygen atoms in total. The zero-order chi connectivity index (χ0) is 17.1. The number of likely N-dealkylation sites (N-methyl/N-ethyl adjacent to an activating group) is 1. The first kappa shape index (κ1) is 16.7. The predicted molar refractivity (Wildman–Crippen MR) is 96.3 cm³/mol. The molecule has 0 saturated heterocycles. The quantitative estimate of drug-likeness (QED) is 0.837. The van der Waals surface area contributed by atoms with Crippen molar-refractivity contribution >= 4 is 11.7 Å². The highest BCUT2D eigenvalue weighted by atomic mass is 16.5. The van der Waals surface area contributed by atoms with E-state index in [9.17, 15) is 4.79 Å². The molecule has 0 aromatic heterocycles. The largest absolute Gasteiger partial charge is 0.483 e. The maximum absolute atomic E-state index is 12.5. The van der Waals surface area contributed by atoms with Crippen LogP contribution in [0.1, 0.15) is 49.7 Å². The average Bonchev–Trinajstić information content (AvgIpc) is 2.61. The van der Waals surface area contributed by atoms with Crippen LogP contribution in [-0.4, -0.2) is 30.3 Å². The number of hydrogen-bond acceptors (Lipinski definition) is 3. The standard InChI is InChI=1S/C20H26N2O2/c1-14-7-6-10-18(15(14)2)24-13-20(23)22(3)19-12-11-16-8-4-5-9-17(16)21-19/h6-7,10H,4-5,8-9,11-13H2,1-3H3. The summed E-state index contributed by atoms with van der Waals surface area (Å²) in [5.41, 5.74) is 4.97. The highest BCUT2D eigenvalue weighted by Gasteiger charge is 2.23. The normalized spacial score (nSPS) is 17.2. The smallest absolute Gasteiger partial charge is 0.265 e. The average molecular weight is 326 g/mol. The Labute approximate surface area is 144 Å². The number of carbonyl (C=O) groups excluding carboxylic acids is 1. The van der Waals surface area contributed by atoms with E-state index in [-0.39, 0.29) is 12.5 Å². The minimum absolute atomic E-state index is 0.0467. The molecule has 2 aliphatic rings. The number of aryl methyl sites for hydroxylation is 1. The maximum atomic E-state index is 12.5. The van der Waals surface area contributed by atoms with E-state index in [1.54, 1.807) is 4.90 Å². The van der Waals surface area contributed by atoms with Crippen molar-refractivity contribution in [2.24, 2.45) is 4.99 Å². The number of rotatable bonds is 3. The second-order valence-electron chi connectivity index (χ2n) is 6.72. The lowest BCUT2D eigenvalue weighted by molar-refractivity contribution is -0.128. The number of ether oxygens (including phenoxy) is 1. The maximum Gasteiger partial charge on any atom is 0.265 e. The zero-order valence-corrected chi connectivity index (χ0v) is 14.9. The molecule has 0 saturated carbocycles. The molecule has 0 N–H and O–H groups in total. The van der Waals surface area contributed by atoms with Crippen LogP contribution in [-0.2, 0) is 4.79 Å². The van der Waals surface area contributed by atoms with Crippen molar-refractivity contribution in [2.45, 2.75) is 52.4 Å². The van der Waals surface area contributed by atoms with Gasteiger partial charge in [0, 0.05) is 19.2 Å². The summed E-state index contributed by atoms with van der Waals surface area (Å²) < 4.78 is 5.74. The number of amidine groups is 1. The van der Waals surface area contributed by atoms with Gasteiger partial charge in [0.15, 0.2) is 6.61 Å². The zero-order valence-electron chi connectivity index (χ0n) is 14.9. The molecule has 0 spiro atoms. The van der Waals surface area contributed by atoms with Crippen molar-refractivity contribution in [1.82, 2.24) is 4.90 Å². The molecule has 3 rings (SSSR count). The first-order valence-corrected chi connectivity index (χ1v) is 8.80. The van der Waals surface area contributed by atoms with Gasteiger partial charge in [-0.2, -0.15) is 0 Å². The Hall–Kier alpha value is -2.10. The van der Waals surface area contributed by atoms with Crippen LogP contribution in [0.2, 0.25) is 0 Å². The summed E-state index contributed by atoms with van der Waals surface area (Å²) in [6.07, 6.45) is 6.62. The van der Waals surface area contributed by atoms with Gasteiger partial charge in [-0.05, 0) is 68.7 Å². The predicted octanol–water partition coefficient (Wildman–Crippen LogP) is 4.16. The molecule has 128 valence electrons. The van der Waals surface area contributed by atoms with Gasteiger partial charge < -0.3 is 9.64 Å². The molecule has 0 unspecified atom stereocenters. The van der Waals surface area contributed by atoms with Crippen molar-refractivity contribution in [3.05, 3.63) is 40.6 Å². The van der Waals surface area contributed by atoms with E-state index in [4.69, 9.17) is 9.73 Å². The third-order valence-electron chi connectivity index (χ3n) is 5.13. The number of carbonyl (C=O) groups is 1. The summed E-state index contributed by atoms with van der Waals surface area (Å²) in [5, 5.41) is 0. The number of aliphatic imine (C=N–C) groups is 1. The molecular weight excluding hydrogens is 300 g/mol. The minimum Gasteiger partial charge on any atom is -0.483 e. The van der Waals surface area contributed by atoms with Crippen LogP contribution in [0.3, 0.4) is 0 Å². The molecule has 1 aromatic rings. The summed E-state index contributed by atoms with van der Waals surface area (Å²) in [5.74, 6) is 1.61. The Morgan fingerprint density at radius 1 is 1.17 bits per heavy atom. The highest BCUT2D eigenvalue weighted by molar-refractivity contribution is 5.99. The molecule has 24 heavy (non-hydrogen) atoms.